The van der Waals surface area contributed by atoms with Crippen LogP contribution in [0.4, 0.5) is 0 Å². The van der Waals surface area contributed by atoms with Crippen LogP contribution < -0.4 is 0 Å². The number of fused-ring (bicyclic) bond motifs is 1. The van der Waals surface area contributed by atoms with Gasteiger partial charge in [0.05, 0.1) is 25.3 Å². The van der Waals surface area contributed by atoms with Crippen molar-refractivity contribution in [3.63, 3.8) is 0 Å². The average molecular weight is 408 g/mol. The Kier molecular flexibility index (Phi) is 5.66. The Bertz CT molecular complexity index is 798. The van der Waals surface area contributed by atoms with Gasteiger partial charge in [-0.25, -0.2) is 9.59 Å². The van der Waals surface area contributed by atoms with E-state index < -0.39 is 47.7 Å². The molecule has 2 heterocycles. The molecular formula is C17H16N2O8S. The average Bonchev–Trinajstić information content (AvgIpc) is 3.26. The van der Waals surface area contributed by atoms with E-state index in [0.29, 0.717) is 5.06 Å². The Morgan fingerprint density at radius 2 is 1.61 bits per heavy atom. The number of hydroxylamine groups is 2. The first-order valence-electron chi connectivity index (χ1n) is 8.09. The second-order valence-electron chi connectivity index (χ2n) is 5.77. The minimum atomic E-state index is -1.06. The third-order valence-electron chi connectivity index (χ3n) is 4.24. The number of thioether (sulfide) groups is 1. The molecule has 1 fully saturated rings. The second-order valence-corrected chi connectivity index (χ2v) is 6.89. The van der Waals surface area contributed by atoms with Crippen molar-refractivity contribution in [1.82, 2.24) is 9.96 Å². The maximum atomic E-state index is 12.7. The molecule has 2 aliphatic heterocycles. The minimum Gasteiger partial charge on any atom is -0.467 e. The van der Waals surface area contributed by atoms with Crippen LogP contribution in [0.15, 0.2) is 24.3 Å². The molecule has 0 unspecified atom stereocenters. The van der Waals surface area contributed by atoms with E-state index in [9.17, 15) is 24.0 Å². The number of methoxy groups -OCH3 is 2. The molecular weight excluding hydrogens is 392 g/mol. The molecule has 1 saturated heterocycles. The molecule has 0 N–H and O–H groups in total. The summed E-state index contributed by atoms with van der Waals surface area (Å²) in [5.41, 5.74) is 0.327. The van der Waals surface area contributed by atoms with Crippen molar-refractivity contribution in [3.8, 4) is 0 Å². The lowest BCUT2D eigenvalue weighted by atomic mass is 10.1. The highest BCUT2D eigenvalue weighted by Crippen LogP contribution is 2.31. The van der Waals surface area contributed by atoms with E-state index in [1.54, 1.807) is 12.1 Å². The molecule has 0 aliphatic carbocycles. The monoisotopic (exact) mass is 408 g/mol. The molecule has 0 bridgehead atoms. The molecule has 2 aliphatic rings. The predicted molar refractivity (Wildman–Crippen MR) is 93.8 cm³/mol. The summed E-state index contributed by atoms with van der Waals surface area (Å²) in [7, 11) is 2.32. The first kappa shape index (κ1) is 19.8. The highest BCUT2D eigenvalue weighted by Gasteiger charge is 2.47. The van der Waals surface area contributed by atoms with E-state index in [2.05, 4.69) is 9.47 Å². The molecule has 148 valence electrons. The third-order valence-corrected chi connectivity index (χ3v) is 5.48. The number of amides is 3. The normalized spacial score (nSPS) is 20.9. The Hall–Kier alpha value is -2.92. The van der Waals surface area contributed by atoms with Crippen LogP contribution in [0.25, 0.3) is 0 Å². The number of esters is 2. The summed E-state index contributed by atoms with van der Waals surface area (Å²) in [4.78, 5) is 67.3. The van der Waals surface area contributed by atoms with Gasteiger partial charge in [-0.3, -0.25) is 19.2 Å². The van der Waals surface area contributed by atoms with Crippen LogP contribution in [0, 0.1) is 0 Å². The van der Waals surface area contributed by atoms with Crippen molar-refractivity contribution in [3.05, 3.63) is 35.4 Å². The quantitative estimate of drug-likeness (QED) is 0.483. The van der Waals surface area contributed by atoms with E-state index in [1.165, 1.54) is 12.1 Å². The molecule has 28 heavy (non-hydrogen) atoms. The maximum Gasteiger partial charge on any atom is 0.339 e. The van der Waals surface area contributed by atoms with Crippen LogP contribution in [0.1, 0.15) is 20.7 Å². The van der Waals surface area contributed by atoms with Crippen LogP contribution in [0.3, 0.4) is 0 Å². The van der Waals surface area contributed by atoms with Gasteiger partial charge >= 0.3 is 11.9 Å². The summed E-state index contributed by atoms with van der Waals surface area (Å²) in [5.74, 6) is -3.45. The zero-order valence-electron chi connectivity index (χ0n) is 14.9. The molecule has 0 radical (unpaired) electrons. The lowest BCUT2D eigenvalue weighted by Crippen LogP contribution is -2.50. The van der Waals surface area contributed by atoms with Crippen LogP contribution in [0.2, 0.25) is 0 Å². The van der Waals surface area contributed by atoms with Crippen LogP contribution in [-0.4, -0.2) is 77.6 Å². The van der Waals surface area contributed by atoms with Gasteiger partial charge in [0, 0.05) is 5.75 Å². The fourth-order valence-corrected chi connectivity index (χ4v) is 4.21. The van der Waals surface area contributed by atoms with E-state index in [-0.39, 0.29) is 16.9 Å². The van der Waals surface area contributed by atoms with Crippen molar-refractivity contribution < 1.29 is 38.3 Å². The van der Waals surface area contributed by atoms with Gasteiger partial charge in [-0.05, 0) is 12.1 Å². The zero-order valence-corrected chi connectivity index (χ0v) is 15.8. The Morgan fingerprint density at radius 1 is 1.04 bits per heavy atom. The topological polar surface area (TPSA) is 120 Å². The highest BCUT2D eigenvalue weighted by molar-refractivity contribution is 8.00. The fraction of sp³-hybridized carbons (Fsp3) is 0.353. The number of carbonyl (C=O) groups is 5. The van der Waals surface area contributed by atoms with E-state index in [4.69, 9.17) is 4.84 Å². The van der Waals surface area contributed by atoms with Crippen molar-refractivity contribution in [2.45, 2.75) is 11.4 Å². The molecule has 0 saturated carbocycles. The number of hydrogen-bond donors (Lipinski definition) is 0. The van der Waals surface area contributed by atoms with Crippen LogP contribution in [0.5, 0.6) is 0 Å². The van der Waals surface area contributed by atoms with Crippen molar-refractivity contribution in [2.24, 2.45) is 0 Å². The Labute approximate surface area is 163 Å². The first-order valence-corrected chi connectivity index (χ1v) is 9.14. The minimum absolute atomic E-state index is 0.130. The smallest absolute Gasteiger partial charge is 0.339 e. The fourth-order valence-electron chi connectivity index (χ4n) is 2.89. The number of hydrogen-bond acceptors (Lipinski definition) is 9. The molecule has 0 aromatic heterocycles. The van der Waals surface area contributed by atoms with Crippen molar-refractivity contribution >= 4 is 41.4 Å². The van der Waals surface area contributed by atoms with Gasteiger partial charge in [-0.2, -0.15) is 0 Å². The Balaban J connectivity index is 1.74. The summed E-state index contributed by atoms with van der Waals surface area (Å²) in [6.07, 6.45) is 0. The first-order chi connectivity index (χ1) is 13.4. The number of benzene rings is 1. The lowest BCUT2D eigenvalue weighted by molar-refractivity contribution is -0.163. The van der Waals surface area contributed by atoms with Gasteiger partial charge in [-0.1, -0.05) is 12.1 Å². The van der Waals surface area contributed by atoms with Gasteiger partial charge < -0.3 is 14.4 Å². The maximum absolute atomic E-state index is 12.7. The number of imide groups is 1. The van der Waals surface area contributed by atoms with Crippen LogP contribution >= 0.6 is 11.8 Å². The van der Waals surface area contributed by atoms with E-state index in [1.807, 2.05) is 0 Å². The molecule has 2 atom stereocenters. The summed E-state index contributed by atoms with van der Waals surface area (Å²) in [5, 5.41) is -0.570. The van der Waals surface area contributed by atoms with Gasteiger partial charge in [0.2, 0.25) is 0 Å². The molecule has 11 heteroatoms. The van der Waals surface area contributed by atoms with Gasteiger partial charge in [-0.15, -0.1) is 16.8 Å². The third kappa shape index (κ3) is 3.34. The molecule has 1 aromatic rings. The zero-order chi connectivity index (χ0) is 20.4. The molecule has 3 rings (SSSR count). The summed E-state index contributed by atoms with van der Waals surface area (Å²) >= 11 is 1.04. The summed E-state index contributed by atoms with van der Waals surface area (Å²) in [6, 6.07) is 5.12. The molecule has 10 nitrogen and oxygen atoms in total. The SMILES string of the molecule is COC(=O)[C@H]1CS[C@@H](C(=O)OC)N1C(=O)CON1C(=O)c2ccccc2C1=O. The van der Waals surface area contributed by atoms with E-state index >= 15 is 0 Å². The second kappa shape index (κ2) is 7.98. The lowest BCUT2D eigenvalue weighted by Gasteiger charge is -2.26. The van der Waals surface area contributed by atoms with Crippen LogP contribution in [-0.2, 0) is 28.7 Å². The number of rotatable bonds is 5. The van der Waals surface area contributed by atoms with Gasteiger partial charge in [0.25, 0.3) is 17.7 Å². The van der Waals surface area contributed by atoms with Crippen molar-refractivity contribution in [1.29, 1.82) is 0 Å². The largest absolute Gasteiger partial charge is 0.467 e. The standard InChI is InChI=1S/C17H16N2O8S/c1-25-16(23)11-8-28-15(17(24)26-2)18(11)12(20)7-27-19-13(21)9-5-3-4-6-10(9)14(19)22/h3-6,11,15H,7-8H2,1-2H3/t11-,15+/m1/s1. The Morgan fingerprint density at radius 3 is 2.14 bits per heavy atom. The van der Waals surface area contributed by atoms with E-state index in [0.717, 1.165) is 30.9 Å². The number of nitrogens with zero attached hydrogens (tertiary/aromatic N) is 2. The molecule has 3 amide bonds. The summed E-state index contributed by atoms with van der Waals surface area (Å²) < 4.78 is 9.34. The number of carbonyl (C=O) groups excluding carboxylic acids is 5. The predicted octanol–water partition coefficient (Wildman–Crippen LogP) is -0.170. The number of ether oxygens (including phenoxy) is 2. The molecule has 1 aromatic carbocycles. The van der Waals surface area contributed by atoms with Crippen molar-refractivity contribution in [2.75, 3.05) is 26.6 Å². The summed E-state index contributed by atoms with van der Waals surface area (Å²) in [6.45, 7) is -0.729. The molecule has 0 spiro atoms. The van der Waals surface area contributed by atoms with Gasteiger partial charge in [0.15, 0.2) is 12.0 Å². The highest BCUT2D eigenvalue weighted by atomic mass is 32.2. The van der Waals surface area contributed by atoms with Gasteiger partial charge in [0.1, 0.15) is 6.04 Å².